The van der Waals surface area contributed by atoms with Crippen molar-refractivity contribution in [1.29, 1.82) is 0 Å². The SMILES string of the molecule is c1ccc(-c2cccc(N(c3ccc4ccc5ccc6c7cccnc7oc6c5c4c3)c3cccc4c3oc3ccccc34)c2)cc1. The van der Waals surface area contributed by atoms with Crippen molar-refractivity contribution >= 4 is 82.6 Å². The van der Waals surface area contributed by atoms with Crippen molar-refractivity contribution < 1.29 is 8.83 Å². The Morgan fingerprint density at radius 3 is 2.13 bits per heavy atom. The van der Waals surface area contributed by atoms with Gasteiger partial charge in [-0.3, -0.25) is 0 Å². The molecule has 0 spiro atoms. The van der Waals surface area contributed by atoms with Crippen LogP contribution < -0.4 is 4.90 Å². The second kappa shape index (κ2) is 10.1. The predicted molar refractivity (Wildman–Crippen MR) is 194 cm³/mol. The molecule has 0 bridgehead atoms. The molecule has 0 aliphatic rings. The van der Waals surface area contributed by atoms with Crippen LogP contribution >= 0.6 is 0 Å². The summed E-state index contributed by atoms with van der Waals surface area (Å²) in [5.41, 5.74) is 8.58. The number of benzene rings is 7. The van der Waals surface area contributed by atoms with Gasteiger partial charge in [-0.1, -0.05) is 97.1 Å². The smallest absolute Gasteiger partial charge is 0.227 e. The third-order valence-electron chi connectivity index (χ3n) is 9.29. The van der Waals surface area contributed by atoms with E-state index in [1.165, 1.54) is 5.56 Å². The molecule has 7 aromatic carbocycles. The highest BCUT2D eigenvalue weighted by molar-refractivity contribution is 6.23. The Labute approximate surface area is 269 Å². The van der Waals surface area contributed by atoms with E-state index in [1.54, 1.807) is 6.20 Å². The first-order valence-electron chi connectivity index (χ1n) is 15.8. The van der Waals surface area contributed by atoms with Crippen molar-refractivity contribution in [2.24, 2.45) is 0 Å². The monoisotopic (exact) mass is 602 g/mol. The van der Waals surface area contributed by atoms with Crippen LogP contribution in [0.3, 0.4) is 0 Å². The minimum atomic E-state index is 0.652. The number of aromatic nitrogens is 1. The summed E-state index contributed by atoms with van der Waals surface area (Å²) in [6.07, 6.45) is 1.78. The molecule has 0 amide bonds. The second-order valence-corrected chi connectivity index (χ2v) is 12.0. The van der Waals surface area contributed by atoms with E-state index in [0.717, 1.165) is 82.5 Å². The van der Waals surface area contributed by atoms with Crippen LogP contribution in [0.5, 0.6) is 0 Å². The van der Waals surface area contributed by atoms with Crippen LogP contribution in [-0.2, 0) is 0 Å². The Balaban J connectivity index is 1.27. The predicted octanol–water partition coefficient (Wildman–Crippen LogP) is 12.3. The number of nitrogens with zero attached hydrogens (tertiary/aromatic N) is 2. The fraction of sp³-hybridized carbons (Fsp3) is 0. The topological polar surface area (TPSA) is 42.4 Å². The van der Waals surface area contributed by atoms with Crippen LogP contribution in [0.25, 0.3) is 76.7 Å². The van der Waals surface area contributed by atoms with E-state index in [4.69, 9.17) is 8.83 Å². The molecule has 3 heterocycles. The lowest BCUT2D eigenvalue weighted by Crippen LogP contribution is -2.10. The summed E-state index contributed by atoms with van der Waals surface area (Å²) < 4.78 is 13.1. The third kappa shape index (κ3) is 3.98. The molecule has 220 valence electrons. The normalized spacial score (nSPS) is 11.8. The van der Waals surface area contributed by atoms with Crippen molar-refractivity contribution in [2.45, 2.75) is 0 Å². The van der Waals surface area contributed by atoms with E-state index in [1.807, 2.05) is 18.2 Å². The Bertz CT molecular complexity index is 2810. The Kier molecular flexibility index (Phi) is 5.54. The van der Waals surface area contributed by atoms with Crippen LogP contribution in [0.15, 0.2) is 167 Å². The summed E-state index contributed by atoms with van der Waals surface area (Å²) >= 11 is 0. The van der Waals surface area contributed by atoms with E-state index in [2.05, 4.69) is 143 Å². The van der Waals surface area contributed by atoms with Crippen molar-refractivity contribution in [3.8, 4) is 11.1 Å². The zero-order valence-electron chi connectivity index (χ0n) is 25.2. The fourth-order valence-corrected chi connectivity index (χ4v) is 7.12. The van der Waals surface area contributed by atoms with Crippen LogP contribution in [-0.4, -0.2) is 4.98 Å². The van der Waals surface area contributed by atoms with Crippen molar-refractivity contribution in [2.75, 3.05) is 4.90 Å². The third-order valence-corrected chi connectivity index (χ3v) is 9.29. The molecule has 4 nitrogen and oxygen atoms in total. The quantitative estimate of drug-likeness (QED) is 0.188. The van der Waals surface area contributed by atoms with Crippen molar-refractivity contribution in [3.05, 3.63) is 158 Å². The van der Waals surface area contributed by atoms with Gasteiger partial charge in [-0.05, 0) is 81.9 Å². The molecule has 0 radical (unpaired) electrons. The summed E-state index contributed by atoms with van der Waals surface area (Å²) in [7, 11) is 0. The van der Waals surface area contributed by atoms with Crippen molar-refractivity contribution in [1.82, 2.24) is 4.98 Å². The maximum Gasteiger partial charge on any atom is 0.227 e. The van der Waals surface area contributed by atoms with Gasteiger partial charge in [0.2, 0.25) is 5.71 Å². The van der Waals surface area contributed by atoms with Gasteiger partial charge in [0, 0.05) is 44.5 Å². The van der Waals surface area contributed by atoms with E-state index >= 15 is 0 Å². The molecule has 0 aliphatic carbocycles. The summed E-state index contributed by atoms with van der Waals surface area (Å²) in [6.45, 7) is 0. The molecule has 3 aromatic heterocycles. The first kappa shape index (κ1) is 25.9. The largest absolute Gasteiger partial charge is 0.454 e. The number of para-hydroxylation sites is 2. The number of rotatable bonds is 4. The Hall–Kier alpha value is -6.39. The zero-order chi connectivity index (χ0) is 30.9. The van der Waals surface area contributed by atoms with Gasteiger partial charge in [-0.25, -0.2) is 4.98 Å². The lowest BCUT2D eigenvalue weighted by Gasteiger charge is -2.26. The summed E-state index contributed by atoms with van der Waals surface area (Å²) in [6, 6.07) is 53.3. The van der Waals surface area contributed by atoms with Gasteiger partial charge in [0.15, 0.2) is 5.58 Å². The zero-order valence-corrected chi connectivity index (χ0v) is 25.2. The fourth-order valence-electron chi connectivity index (χ4n) is 7.12. The molecule has 10 rings (SSSR count). The molecule has 0 fully saturated rings. The van der Waals surface area contributed by atoms with Gasteiger partial charge in [0.1, 0.15) is 11.2 Å². The van der Waals surface area contributed by atoms with E-state index in [9.17, 15) is 0 Å². The average molecular weight is 603 g/mol. The highest BCUT2D eigenvalue weighted by Crippen LogP contribution is 2.45. The van der Waals surface area contributed by atoms with Gasteiger partial charge in [0.25, 0.3) is 0 Å². The number of fused-ring (bicyclic) bond motifs is 10. The molecule has 0 unspecified atom stereocenters. The van der Waals surface area contributed by atoms with Crippen LogP contribution in [0.1, 0.15) is 0 Å². The number of furan rings is 2. The molecule has 10 aromatic rings. The van der Waals surface area contributed by atoms with Crippen LogP contribution in [0.4, 0.5) is 17.1 Å². The van der Waals surface area contributed by atoms with E-state index in [-0.39, 0.29) is 0 Å². The molecule has 0 atom stereocenters. The van der Waals surface area contributed by atoms with E-state index < -0.39 is 0 Å². The highest BCUT2D eigenvalue weighted by Gasteiger charge is 2.21. The Morgan fingerprint density at radius 1 is 0.447 bits per heavy atom. The number of anilines is 3. The van der Waals surface area contributed by atoms with Crippen molar-refractivity contribution in [3.63, 3.8) is 0 Å². The van der Waals surface area contributed by atoms with Gasteiger partial charge in [-0.15, -0.1) is 0 Å². The second-order valence-electron chi connectivity index (χ2n) is 12.0. The molecule has 47 heavy (non-hydrogen) atoms. The van der Waals surface area contributed by atoms with Crippen LogP contribution in [0.2, 0.25) is 0 Å². The van der Waals surface area contributed by atoms with Gasteiger partial charge < -0.3 is 13.7 Å². The minimum absolute atomic E-state index is 0.652. The standard InChI is InChI=1S/C43H26N2O2/c1-2-9-27(10-3-1)30-11-6-12-31(25-30)45(38-16-7-14-34-33-13-4-5-17-39(33)46-41(34)38)32-22-20-28-18-19-29-21-23-35-36-15-8-24-44-43(36)47-42(35)40(29)37(28)26-32/h1-26H. The highest BCUT2D eigenvalue weighted by atomic mass is 16.3. The number of pyridine rings is 1. The lowest BCUT2D eigenvalue weighted by molar-refractivity contribution is 0.658. The summed E-state index contributed by atoms with van der Waals surface area (Å²) in [5.74, 6) is 0. The number of hydrogen-bond donors (Lipinski definition) is 0. The van der Waals surface area contributed by atoms with Gasteiger partial charge >= 0.3 is 0 Å². The molecule has 0 saturated carbocycles. The van der Waals surface area contributed by atoms with Gasteiger partial charge in [-0.2, -0.15) is 0 Å². The average Bonchev–Trinajstić information content (AvgIpc) is 3.71. The first-order chi connectivity index (χ1) is 23.3. The molecule has 0 N–H and O–H groups in total. The van der Waals surface area contributed by atoms with Gasteiger partial charge in [0.05, 0.1) is 5.69 Å². The van der Waals surface area contributed by atoms with E-state index in [0.29, 0.717) is 5.71 Å². The maximum absolute atomic E-state index is 6.61. The van der Waals surface area contributed by atoms with Crippen LogP contribution in [0, 0.1) is 0 Å². The summed E-state index contributed by atoms with van der Waals surface area (Å²) in [5, 5.41) is 8.75. The minimum Gasteiger partial charge on any atom is -0.454 e. The maximum atomic E-state index is 6.61. The molecule has 0 aliphatic heterocycles. The summed E-state index contributed by atoms with van der Waals surface area (Å²) in [4.78, 5) is 6.84. The first-order valence-corrected chi connectivity index (χ1v) is 15.8. The number of hydrogen-bond acceptors (Lipinski definition) is 4. The molecule has 0 saturated heterocycles. The Morgan fingerprint density at radius 2 is 1.17 bits per heavy atom. The lowest BCUT2D eigenvalue weighted by atomic mass is 9.98. The molecule has 4 heteroatoms. The molecular formula is C43H26N2O2. The molecular weight excluding hydrogens is 576 g/mol.